The predicted molar refractivity (Wildman–Crippen MR) is 95.0 cm³/mol. The zero-order valence-corrected chi connectivity index (χ0v) is 13.9. The second-order valence-electron chi connectivity index (χ2n) is 6.19. The van der Waals surface area contributed by atoms with Gasteiger partial charge in [-0.2, -0.15) is 0 Å². The molecule has 1 aromatic carbocycles. The maximum atomic E-state index is 12.5. The van der Waals surface area contributed by atoms with Gasteiger partial charge in [-0.05, 0) is 12.0 Å². The largest absolute Gasteiger partial charge is 0.305 e. The van der Waals surface area contributed by atoms with E-state index < -0.39 is 0 Å². The first kappa shape index (κ1) is 15.7. The van der Waals surface area contributed by atoms with E-state index in [4.69, 9.17) is 0 Å². The average Bonchev–Trinajstić information content (AvgIpc) is 2.68. The van der Waals surface area contributed by atoms with Crippen molar-refractivity contribution in [1.82, 2.24) is 24.8 Å². The lowest BCUT2D eigenvalue weighted by molar-refractivity contribution is 0.253. The van der Waals surface area contributed by atoms with E-state index in [9.17, 15) is 4.79 Å². The van der Waals surface area contributed by atoms with E-state index >= 15 is 0 Å². The first-order valence-corrected chi connectivity index (χ1v) is 8.44. The number of hydrogen-bond donors (Lipinski definition) is 1. The van der Waals surface area contributed by atoms with Gasteiger partial charge in [0.05, 0.1) is 17.5 Å². The summed E-state index contributed by atoms with van der Waals surface area (Å²) in [5.74, 6) is 0.495. The van der Waals surface area contributed by atoms with Crippen LogP contribution < -0.4 is 5.56 Å². The summed E-state index contributed by atoms with van der Waals surface area (Å²) in [7, 11) is 0. The SMILES string of the molecule is O=c1[nH]c(-c2cnccn2)nc2c1CN(CCc1ccccc1)CC2. The minimum atomic E-state index is -0.0740. The fourth-order valence-corrected chi connectivity index (χ4v) is 3.15. The van der Waals surface area contributed by atoms with Crippen molar-refractivity contribution in [1.29, 1.82) is 0 Å². The number of aromatic nitrogens is 4. The molecule has 0 fully saturated rings. The maximum Gasteiger partial charge on any atom is 0.255 e. The van der Waals surface area contributed by atoms with E-state index in [0.29, 0.717) is 18.1 Å². The summed E-state index contributed by atoms with van der Waals surface area (Å²) in [4.78, 5) is 30.5. The van der Waals surface area contributed by atoms with Gasteiger partial charge in [-0.1, -0.05) is 30.3 Å². The molecule has 126 valence electrons. The molecule has 0 atom stereocenters. The van der Waals surface area contributed by atoms with E-state index in [1.165, 1.54) is 5.56 Å². The molecule has 3 heterocycles. The minimum Gasteiger partial charge on any atom is -0.305 e. The zero-order valence-electron chi connectivity index (χ0n) is 13.9. The fraction of sp³-hybridized carbons (Fsp3) is 0.263. The first-order valence-electron chi connectivity index (χ1n) is 8.44. The molecule has 0 radical (unpaired) electrons. The summed E-state index contributed by atoms with van der Waals surface area (Å²) in [6.07, 6.45) is 6.57. The summed E-state index contributed by atoms with van der Waals surface area (Å²) in [5, 5.41) is 0. The molecule has 0 saturated heterocycles. The van der Waals surface area contributed by atoms with Gasteiger partial charge in [0.2, 0.25) is 0 Å². The fourth-order valence-electron chi connectivity index (χ4n) is 3.15. The van der Waals surface area contributed by atoms with Crippen LogP contribution in [0.5, 0.6) is 0 Å². The van der Waals surface area contributed by atoms with Crippen molar-refractivity contribution < 1.29 is 0 Å². The third-order valence-electron chi connectivity index (χ3n) is 4.51. The highest BCUT2D eigenvalue weighted by Crippen LogP contribution is 2.17. The third-order valence-corrected chi connectivity index (χ3v) is 4.51. The summed E-state index contributed by atoms with van der Waals surface area (Å²) in [6, 6.07) is 10.4. The van der Waals surface area contributed by atoms with Crippen molar-refractivity contribution in [2.45, 2.75) is 19.4 Å². The Kier molecular flexibility index (Phi) is 4.35. The van der Waals surface area contributed by atoms with Crippen molar-refractivity contribution in [3.63, 3.8) is 0 Å². The Bertz CT molecular complexity index is 908. The van der Waals surface area contributed by atoms with Gasteiger partial charge in [-0.15, -0.1) is 0 Å². The number of nitrogens with one attached hydrogen (secondary N) is 1. The maximum absolute atomic E-state index is 12.5. The number of benzene rings is 1. The van der Waals surface area contributed by atoms with Gasteiger partial charge in [0, 0.05) is 38.4 Å². The van der Waals surface area contributed by atoms with Crippen LogP contribution in [0.2, 0.25) is 0 Å². The highest BCUT2D eigenvalue weighted by atomic mass is 16.1. The second kappa shape index (κ2) is 6.94. The van der Waals surface area contributed by atoms with Crippen LogP contribution in [0, 0.1) is 0 Å². The second-order valence-corrected chi connectivity index (χ2v) is 6.19. The first-order chi connectivity index (χ1) is 12.3. The monoisotopic (exact) mass is 333 g/mol. The van der Waals surface area contributed by atoms with Crippen LogP contribution in [0.1, 0.15) is 16.8 Å². The number of aromatic amines is 1. The average molecular weight is 333 g/mol. The van der Waals surface area contributed by atoms with Crippen LogP contribution in [0.15, 0.2) is 53.7 Å². The summed E-state index contributed by atoms with van der Waals surface area (Å²) in [6.45, 7) is 2.50. The molecular weight excluding hydrogens is 314 g/mol. The van der Waals surface area contributed by atoms with Crippen LogP contribution in [0.25, 0.3) is 11.5 Å². The summed E-state index contributed by atoms with van der Waals surface area (Å²) >= 11 is 0. The van der Waals surface area contributed by atoms with Gasteiger partial charge in [0.25, 0.3) is 5.56 Å². The van der Waals surface area contributed by atoms with E-state index in [-0.39, 0.29) is 5.56 Å². The number of fused-ring (bicyclic) bond motifs is 1. The van der Waals surface area contributed by atoms with E-state index in [1.807, 2.05) is 6.07 Å². The van der Waals surface area contributed by atoms with Crippen LogP contribution in [-0.4, -0.2) is 37.9 Å². The van der Waals surface area contributed by atoms with Gasteiger partial charge in [-0.3, -0.25) is 14.7 Å². The molecule has 1 N–H and O–H groups in total. The lowest BCUT2D eigenvalue weighted by atomic mass is 10.1. The molecule has 6 heteroatoms. The van der Waals surface area contributed by atoms with Crippen molar-refractivity contribution in [2.24, 2.45) is 0 Å². The van der Waals surface area contributed by atoms with Crippen LogP contribution in [0.4, 0.5) is 0 Å². The minimum absolute atomic E-state index is 0.0740. The lowest BCUT2D eigenvalue weighted by Crippen LogP contribution is -2.37. The quantitative estimate of drug-likeness (QED) is 0.788. The van der Waals surface area contributed by atoms with Crippen LogP contribution >= 0.6 is 0 Å². The predicted octanol–water partition coefficient (Wildman–Crippen LogP) is 1.83. The lowest BCUT2D eigenvalue weighted by Gasteiger charge is -2.27. The normalized spacial score (nSPS) is 14.2. The topological polar surface area (TPSA) is 74.8 Å². The molecule has 25 heavy (non-hydrogen) atoms. The van der Waals surface area contributed by atoms with Crippen LogP contribution in [-0.2, 0) is 19.4 Å². The Balaban J connectivity index is 1.51. The Morgan fingerprint density at radius 3 is 2.84 bits per heavy atom. The molecule has 0 bridgehead atoms. The molecule has 1 aliphatic heterocycles. The number of rotatable bonds is 4. The molecule has 6 nitrogen and oxygen atoms in total. The zero-order chi connectivity index (χ0) is 17.1. The van der Waals surface area contributed by atoms with Gasteiger partial charge < -0.3 is 4.98 Å². The molecule has 0 saturated carbocycles. The molecule has 0 aliphatic carbocycles. The number of H-pyrrole nitrogens is 1. The molecule has 2 aromatic heterocycles. The van der Waals surface area contributed by atoms with Crippen molar-refractivity contribution in [3.05, 3.63) is 76.1 Å². The van der Waals surface area contributed by atoms with E-state index in [2.05, 4.69) is 49.1 Å². The van der Waals surface area contributed by atoms with Crippen molar-refractivity contribution in [2.75, 3.05) is 13.1 Å². The smallest absolute Gasteiger partial charge is 0.255 e. The molecule has 0 spiro atoms. The summed E-state index contributed by atoms with van der Waals surface area (Å²) in [5.41, 5.74) is 3.48. The number of nitrogens with zero attached hydrogens (tertiary/aromatic N) is 4. The van der Waals surface area contributed by atoms with Gasteiger partial charge in [0.15, 0.2) is 5.82 Å². The Morgan fingerprint density at radius 1 is 1.16 bits per heavy atom. The molecule has 0 amide bonds. The summed E-state index contributed by atoms with van der Waals surface area (Å²) < 4.78 is 0. The highest BCUT2D eigenvalue weighted by molar-refractivity contribution is 5.47. The molecule has 1 aliphatic rings. The van der Waals surface area contributed by atoms with Gasteiger partial charge in [0.1, 0.15) is 5.69 Å². The van der Waals surface area contributed by atoms with Crippen LogP contribution in [0.3, 0.4) is 0 Å². The standard InChI is InChI=1S/C19H19N5O/c25-19-15-13-24(10-6-14-4-2-1-3-5-14)11-7-16(15)22-18(23-19)17-12-20-8-9-21-17/h1-5,8-9,12H,6-7,10-11,13H2,(H,22,23,25). The molecule has 0 unspecified atom stereocenters. The molecular formula is C19H19N5O. The van der Waals surface area contributed by atoms with E-state index in [0.717, 1.165) is 37.2 Å². The Morgan fingerprint density at radius 2 is 2.04 bits per heavy atom. The number of hydrogen-bond acceptors (Lipinski definition) is 5. The van der Waals surface area contributed by atoms with Crippen molar-refractivity contribution in [3.8, 4) is 11.5 Å². The van der Waals surface area contributed by atoms with Crippen molar-refractivity contribution >= 4 is 0 Å². The van der Waals surface area contributed by atoms with Gasteiger partial charge in [-0.25, -0.2) is 9.97 Å². The molecule has 3 aromatic rings. The Labute approximate surface area is 145 Å². The third kappa shape index (κ3) is 3.49. The van der Waals surface area contributed by atoms with E-state index in [1.54, 1.807) is 18.6 Å². The highest BCUT2D eigenvalue weighted by Gasteiger charge is 2.21. The molecule has 4 rings (SSSR count). The Hall–Kier alpha value is -2.86. The van der Waals surface area contributed by atoms with Gasteiger partial charge >= 0.3 is 0 Å².